The van der Waals surface area contributed by atoms with Gasteiger partial charge in [0.25, 0.3) is 0 Å². The number of fused-ring (bicyclic) bond motifs is 1. The van der Waals surface area contributed by atoms with Gasteiger partial charge in [-0.05, 0) is 19.8 Å². The standard InChI is InChI=1S/C16H19N5O3/c1-3-21-15-11(8-18-21)14(19-9-4-5-9)10(7-17-15)12-6-13(24-20-12)16(22)23-2/h7-9,13H,3-6H2,1-2H3,(H,17,19). The molecule has 4 rings (SSSR count). The maximum absolute atomic E-state index is 11.7. The fourth-order valence-corrected chi connectivity index (χ4v) is 2.86. The summed E-state index contributed by atoms with van der Waals surface area (Å²) in [5, 5.41) is 13.0. The summed E-state index contributed by atoms with van der Waals surface area (Å²) < 4.78 is 6.59. The fourth-order valence-electron chi connectivity index (χ4n) is 2.86. The van der Waals surface area contributed by atoms with Crippen molar-refractivity contribution in [1.29, 1.82) is 0 Å². The van der Waals surface area contributed by atoms with E-state index in [1.807, 2.05) is 17.8 Å². The second-order valence-electron chi connectivity index (χ2n) is 6.02. The summed E-state index contributed by atoms with van der Waals surface area (Å²) in [5.74, 6) is -0.418. The quantitative estimate of drug-likeness (QED) is 0.840. The lowest BCUT2D eigenvalue weighted by molar-refractivity contribution is -0.152. The summed E-state index contributed by atoms with van der Waals surface area (Å²) in [6.07, 6.45) is 5.60. The Morgan fingerprint density at radius 1 is 1.46 bits per heavy atom. The molecule has 2 aromatic rings. The average Bonchev–Trinajstić information content (AvgIpc) is 3.13. The van der Waals surface area contributed by atoms with Gasteiger partial charge < -0.3 is 14.9 Å². The van der Waals surface area contributed by atoms with Crippen LogP contribution >= 0.6 is 0 Å². The number of oxime groups is 1. The van der Waals surface area contributed by atoms with E-state index in [1.54, 1.807) is 6.20 Å². The zero-order chi connectivity index (χ0) is 16.7. The van der Waals surface area contributed by atoms with Gasteiger partial charge in [0.2, 0.25) is 6.10 Å². The normalized spacial score (nSPS) is 19.9. The molecule has 1 aliphatic carbocycles. The second kappa shape index (κ2) is 5.77. The van der Waals surface area contributed by atoms with Crippen molar-refractivity contribution in [3.8, 4) is 0 Å². The number of esters is 1. The van der Waals surface area contributed by atoms with Gasteiger partial charge in [-0.25, -0.2) is 14.5 Å². The summed E-state index contributed by atoms with van der Waals surface area (Å²) in [6, 6.07) is 0.471. The Hall–Kier alpha value is -2.64. The predicted octanol–water partition coefficient (Wildman–Crippen LogP) is 1.69. The summed E-state index contributed by atoms with van der Waals surface area (Å²) in [5.41, 5.74) is 3.37. The number of nitrogens with zero attached hydrogens (tertiary/aromatic N) is 4. The number of pyridine rings is 1. The van der Waals surface area contributed by atoms with E-state index in [9.17, 15) is 4.79 Å². The van der Waals surface area contributed by atoms with Crippen LogP contribution in [0.5, 0.6) is 0 Å². The number of rotatable bonds is 5. The van der Waals surface area contributed by atoms with E-state index >= 15 is 0 Å². The van der Waals surface area contributed by atoms with Crippen molar-refractivity contribution in [2.45, 2.75) is 44.9 Å². The average molecular weight is 329 g/mol. The van der Waals surface area contributed by atoms with Crippen molar-refractivity contribution in [1.82, 2.24) is 14.8 Å². The van der Waals surface area contributed by atoms with Gasteiger partial charge in [-0.1, -0.05) is 5.16 Å². The van der Waals surface area contributed by atoms with Crippen molar-refractivity contribution in [2.24, 2.45) is 5.16 Å². The highest BCUT2D eigenvalue weighted by molar-refractivity contribution is 6.11. The Bertz CT molecular complexity index is 824. The smallest absolute Gasteiger partial charge is 0.350 e. The second-order valence-corrected chi connectivity index (χ2v) is 6.02. The van der Waals surface area contributed by atoms with Crippen LogP contribution in [0.4, 0.5) is 5.69 Å². The Kier molecular flexibility index (Phi) is 3.59. The summed E-state index contributed by atoms with van der Waals surface area (Å²) in [6.45, 7) is 2.79. The maximum Gasteiger partial charge on any atom is 0.350 e. The Balaban J connectivity index is 1.73. The highest BCUT2D eigenvalue weighted by Gasteiger charge is 2.32. The first kappa shape index (κ1) is 14.9. The molecule has 0 saturated heterocycles. The first-order chi connectivity index (χ1) is 11.7. The van der Waals surface area contributed by atoms with Crippen LogP contribution in [0.25, 0.3) is 11.0 Å². The molecule has 0 aromatic carbocycles. The molecule has 126 valence electrons. The minimum atomic E-state index is -0.687. The van der Waals surface area contributed by atoms with Crippen LogP contribution in [-0.4, -0.2) is 45.7 Å². The molecule has 2 aliphatic rings. The Morgan fingerprint density at radius 2 is 2.29 bits per heavy atom. The minimum Gasteiger partial charge on any atom is -0.466 e. The van der Waals surface area contributed by atoms with Gasteiger partial charge in [0, 0.05) is 30.8 Å². The van der Waals surface area contributed by atoms with E-state index < -0.39 is 12.1 Å². The number of carbonyl (C=O) groups is 1. The van der Waals surface area contributed by atoms with Crippen LogP contribution in [-0.2, 0) is 20.9 Å². The number of ether oxygens (including phenoxy) is 1. The van der Waals surface area contributed by atoms with Crippen molar-refractivity contribution in [3.05, 3.63) is 18.0 Å². The third-order valence-corrected chi connectivity index (χ3v) is 4.34. The van der Waals surface area contributed by atoms with Gasteiger partial charge in [0.15, 0.2) is 5.65 Å². The maximum atomic E-state index is 11.7. The number of aryl methyl sites for hydroxylation is 1. The third-order valence-electron chi connectivity index (χ3n) is 4.34. The van der Waals surface area contributed by atoms with Crippen LogP contribution in [0.2, 0.25) is 0 Å². The number of hydrogen-bond acceptors (Lipinski definition) is 7. The van der Waals surface area contributed by atoms with E-state index in [1.165, 1.54) is 7.11 Å². The molecule has 0 spiro atoms. The fraction of sp³-hybridized carbons (Fsp3) is 0.500. The number of aromatic nitrogens is 3. The molecule has 1 aliphatic heterocycles. The van der Waals surface area contributed by atoms with Gasteiger partial charge in [-0.15, -0.1) is 0 Å². The molecule has 1 N–H and O–H groups in total. The van der Waals surface area contributed by atoms with Crippen LogP contribution in [0.1, 0.15) is 31.7 Å². The van der Waals surface area contributed by atoms with Crippen molar-refractivity contribution < 1.29 is 14.4 Å². The lowest BCUT2D eigenvalue weighted by Gasteiger charge is -2.12. The largest absolute Gasteiger partial charge is 0.466 e. The van der Waals surface area contributed by atoms with Crippen LogP contribution in [0.15, 0.2) is 17.5 Å². The van der Waals surface area contributed by atoms with Crippen molar-refractivity contribution in [3.63, 3.8) is 0 Å². The monoisotopic (exact) mass is 329 g/mol. The summed E-state index contributed by atoms with van der Waals surface area (Å²) in [7, 11) is 1.34. The number of methoxy groups -OCH3 is 1. The molecule has 24 heavy (non-hydrogen) atoms. The Morgan fingerprint density at radius 3 is 3.00 bits per heavy atom. The van der Waals surface area contributed by atoms with E-state index in [-0.39, 0.29) is 0 Å². The molecule has 3 heterocycles. The molecule has 1 unspecified atom stereocenters. The molecule has 0 bridgehead atoms. The van der Waals surface area contributed by atoms with Crippen LogP contribution < -0.4 is 5.32 Å². The molecular formula is C16H19N5O3. The zero-order valence-corrected chi connectivity index (χ0v) is 13.7. The first-order valence-corrected chi connectivity index (χ1v) is 8.13. The molecule has 8 heteroatoms. The van der Waals surface area contributed by atoms with Crippen LogP contribution in [0.3, 0.4) is 0 Å². The van der Waals surface area contributed by atoms with Crippen molar-refractivity contribution in [2.75, 3.05) is 12.4 Å². The first-order valence-electron chi connectivity index (χ1n) is 8.13. The number of anilines is 1. The van der Waals surface area contributed by atoms with Gasteiger partial charge in [-0.2, -0.15) is 5.10 Å². The van der Waals surface area contributed by atoms with Gasteiger partial charge in [-0.3, -0.25) is 0 Å². The highest BCUT2D eigenvalue weighted by Crippen LogP contribution is 2.34. The number of carbonyl (C=O) groups excluding carboxylic acids is 1. The highest BCUT2D eigenvalue weighted by atomic mass is 16.7. The van der Waals surface area contributed by atoms with E-state index in [2.05, 4.69) is 20.6 Å². The van der Waals surface area contributed by atoms with E-state index in [0.29, 0.717) is 18.2 Å². The van der Waals surface area contributed by atoms with Crippen LogP contribution in [0, 0.1) is 0 Å². The van der Waals surface area contributed by atoms with Gasteiger partial charge in [0.1, 0.15) is 0 Å². The molecule has 0 amide bonds. The minimum absolute atomic E-state index is 0.376. The number of hydrogen-bond donors (Lipinski definition) is 1. The third kappa shape index (κ3) is 2.47. The van der Waals surface area contributed by atoms with Crippen molar-refractivity contribution >= 4 is 28.4 Å². The molecular weight excluding hydrogens is 310 g/mol. The SMILES string of the molecule is CCn1ncc2c(NC3CC3)c(C3=NOC(C(=O)OC)C3)cnc21. The predicted molar refractivity (Wildman–Crippen MR) is 87.9 cm³/mol. The summed E-state index contributed by atoms with van der Waals surface area (Å²) in [4.78, 5) is 21.4. The molecule has 0 radical (unpaired) electrons. The molecule has 1 atom stereocenters. The van der Waals surface area contributed by atoms with Gasteiger partial charge in [0.05, 0.1) is 30.1 Å². The van der Waals surface area contributed by atoms with Gasteiger partial charge >= 0.3 is 5.97 Å². The summed E-state index contributed by atoms with van der Waals surface area (Å²) >= 11 is 0. The lowest BCUT2D eigenvalue weighted by atomic mass is 10.0. The number of nitrogens with one attached hydrogen (secondary N) is 1. The van der Waals surface area contributed by atoms with E-state index in [4.69, 9.17) is 9.57 Å². The molecule has 8 nitrogen and oxygen atoms in total. The van der Waals surface area contributed by atoms with E-state index in [0.717, 1.165) is 41.7 Å². The molecule has 1 fully saturated rings. The topological polar surface area (TPSA) is 90.6 Å². The molecule has 1 saturated carbocycles. The lowest BCUT2D eigenvalue weighted by Crippen LogP contribution is -2.22. The molecule has 2 aromatic heterocycles. The zero-order valence-electron chi connectivity index (χ0n) is 13.7. The Labute approximate surface area is 138 Å².